The van der Waals surface area contributed by atoms with Gasteiger partial charge in [-0.1, -0.05) is 6.92 Å². The van der Waals surface area contributed by atoms with E-state index in [1.54, 1.807) is 0 Å². The van der Waals surface area contributed by atoms with E-state index >= 15 is 0 Å². The molecule has 16 heavy (non-hydrogen) atoms. The molecule has 1 aliphatic rings. The van der Waals surface area contributed by atoms with E-state index < -0.39 is 0 Å². The van der Waals surface area contributed by atoms with Crippen LogP contribution in [-0.2, 0) is 6.54 Å². The standard InChI is InChI=1S/C12H21N3O/c1-2-14(6-3-7-16)9-12-8-13-10-15(12)11-4-5-11/h8,10-11,16H,2-7,9H2,1H3. The van der Waals surface area contributed by atoms with Crippen LogP contribution in [0.4, 0.5) is 0 Å². The first kappa shape index (κ1) is 11.6. The fourth-order valence-corrected chi connectivity index (χ4v) is 2.01. The number of hydrogen-bond donors (Lipinski definition) is 1. The summed E-state index contributed by atoms with van der Waals surface area (Å²) in [4.78, 5) is 6.59. The molecule has 1 aromatic heterocycles. The Morgan fingerprint density at radius 3 is 3.00 bits per heavy atom. The van der Waals surface area contributed by atoms with Crippen molar-refractivity contribution >= 4 is 0 Å². The number of aliphatic hydroxyl groups excluding tert-OH is 1. The fraction of sp³-hybridized carbons (Fsp3) is 0.750. The minimum absolute atomic E-state index is 0.276. The summed E-state index contributed by atoms with van der Waals surface area (Å²) in [5.41, 5.74) is 1.31. The Kier molecular flexibility index (Phi) is 3.96. The summed E-state index contributed by atoms with van der Waals surface area (Å²) in [5.74, 6) is 0. The highest BCUT2D eigenvalue weighted by Gasteiger charge is 2.25. The lowest BCUT2D eigenvalue weighted by molar-refractivity contribution is 0.222. The molecule has 2 rings (SSSR count). The predicted octanol–water partition coefficient (Wildman–Crippen LogP) is 1.42. The maximum atomic E-state index is 8.85. The third kappa shape index (κ3) is 2.83. The van der Waals surface area contributed by atoms with Crippen molar-refractivity contribution in [2.45, 2.75) is 38.8 Å². The minimum atomic E-state index is 0.276. The molecule has 1 fully saturated rings. The predicted molar refractivity (Wildman–Crippen MR) is 63.2 cm³/mol. The molecular weight excluding hydrogens is 202 g/mol. The minimum Gasteiger partial charge on any atom is -0.396 e. The molecule has 0 aromatic carbocycles. The van der Waals surface area contributed by atoms with Crippen molar-refractivity contribution in [3.8, 4) is 0 Å². The van der Waals surface area contributed by atoms with Crippen molar-refractivity contribution in [2.24, 2.45) is 0 Å². The number of nitrogens with zero attached hydrogens (tertiary/aromatic N) is 3. The zero-order valence-corrected chi connectivity index (χ0v) is 9.97. The highest BCUT2D eigenvalue weighted by atomic mass is 16.3. The number of aromatic nitrogens is 2. The lowest BCUT2D eigenvalue weighted by Crippen LogP contribution is -2.25. The monoisotopic (exact) mass is 223 g/mol. The Morgan fingerprint density at radius 1 is 1.56 bits per heavy atom. The zero-order valence-electron chi connectivity index (χ0n) is 9.97. The third-order valence-electron chi connectivity index (χ3n) is 3.15. The van der Waals surface area contributed by atoms with Gasteiger partial charge in [-0.05, 0) is 25.8 Å². The quantitative estimate of drug-likeness (QED) is 0.760. The maximum Gasteiger partial charge on any atom is 0.0951 e. The molecular formula is C12H21N3O. The Hall–Kier alpha value is -0.870. The second-order valence-electron chi connectivity index (χ2n) is 4.47. The summed E-state index contributed by atoms with van der Waals surface area (Å²) in [6.07, 6.45) is 7.37. The Morgan fingerprint density at radius 2 is 2.38 bits per heavy atom. The molecule has 0 atom stereocenters. The van der Waals surface area contributed by atoms with Gasteiger partial charge in [0.15, 0.2) is 0 Å². The second kappa shape index (κ2) is 5.46. The van der Waals surface area contributed by atoms with Crippen LogP contribution in [0.1, 0.15) is 37.9 Å². The van der Waals surface area contributed by atoms with E-state index in [-0.39, 0.29) is 6.61 Å². The first-order valence-electron chi connectivity index (χ1n) is 6.19. The van der Waals surface area contributed by atoms with Gasteiger partial charge >= 0.3 is 0 Å². The molecule has 1 saturated carbocycles. The molecule has 0 unspecified atom stereocenters. The molecule has 0 aliphatic heterocycles. The molecule has 4 nitrogen and oxygen atoms in total. The van der Waals surface area contributed by atoms with Crippen molar-refractivity contribution in [1.29, 1.82) is 0 Å². The van der Waals surface area contributed by atoms with Gasteiger partial charge in [0.1, 0.15) is 0 Å². The van der Waals surface area contributed by atoms with Gasteiger partial charge in [0.2, 0.25) is 0 Å². The largest absolute Gasteiger partial charge is 0.396 e. The maximum absolute atomic E-state index is 8.85. The number of hydrogen-bond acceptors (Lipinski definition) is 3. The van der Waals surface area contributed by atoms with Crippen LogP contribution in [0.3, 0.4) is 0 Å². The van der Waals surface area contributed by atoms with E-state index in [1.165, 1.54) is 18.5 Å². The number of imidazole rings is 1. The molecule has 0 spiro atoms. The molecule has 0 saturated heterocycles. The number of aliphatic hydroxyl groups is 1. The van der Waals surface area contributed by atoms with Crippen molar-refractivity contribution in [3.05, 3.63) is 18.2 Å². The normalized spacial score (nSPS) is 15.9. The Labute approximate surface area is 96.9 Å². The summed E-state index contributed by atoms with van der Waals surface area (Å²) in [5, 5.41) is 8.85. The van der Waals surface area contributed by atoms with Gasteiger partial charge in [-0.25, -0.2) is 4.98 Å². The van der Waals surface area contributed by atoms with E-state index in [0.29, 0.717) is 6.04 Å². The van der Waals surface area contributed by atoms with Gasteiger partial charge in [-0.15, -0.1) is 0 Å². The molecule has 4 heteroatoms. The third-order valence-corrected chi connectivity index (χ3v) is 3.15. The smallest absolute Gasteiger partial charge is 0.0951 e. The molecule has 0 bridgehead atoms. The Bertz CT molecular complexity index is 320. The fourth-order valence-electron chi connectivity index (χ4n) is 2.01. The van der Waals surface area contributed by atoms with Crippen LogP contribution in [0.15, 0.2) is 12.5 Å². The molecule has 0 amide bonds. The van der Waals surface area contributed by atoms with Gasteiger partial charge in [-0.3, -0.25) is 4.90 Å². The molecule has 90 valence electrons. The summed E-state index contributed by atoms with van der Waals surface area (Å²) < 4.78 is 2.31. The van der Waals surface area contributed by atoms with Gasteiger partial charge < -0.3 is 9.67 Å². The molecule has 1 aromatic rings. The van der Waals surface area contributed by atoms with Crippen molar-refractivity contribution in [3.63, 3.8) is 0 Å². The highest BCUT2D eigenvalue weighted by molar-refractivity contribution is 5.03. The lowest BCUT2D eigenvalue weighted by Gasteiger charge is -2.20. The van der Waals surface area contributed by atoms with Crippen LogP contribution in [0.2, 0.25) is 0 Å². The molecule has 1 heterocycles. The van der Waals surface area contributed by atoms with Gasteiger partial charge in [-0.2, -0.15) is 0 Å². The average molecular weight is 223 g/mol. The van der Waals surface area contributed by atoms with Gasteiger partial charge in [0.25, 0.3) is 0 Å². The van der Waals surface area contributed by atoms with Crippen LogP contribution in [0, 0.1) is 0 Å². The van der Waals surface area contributed by atoms with E-state index in [4.69, 9.17) is 5.11 Å². The van der Waals surface area contributed by atoms with Crippen LogP contribution >= 0.6 is 0 Å². The van der Waals surface area contributed by atoms with E-state index in [9.17, 15) is 0 Å². The topological polar surface area (TPSA) is 41.3 Å². The second-order valence-corrected chi connectivity index (χ2v) is 4.47. The first-order valence-corrected chi connectivity index (χ1v) is 6.19. The number of rotatable bonds is 7. The molecule has 0 radical (unpaired) electrons. The van der Waals surface area contributed by atoms with Gasteiger partial charge in [0, 0.05) is 31.9 Å². The summed E-state index contributed by atoms with van der Waals surface area (Å²) in [6, 6.07) is 0.703. The van der Waals surface area contributed by atoms with Crippen molar-refractivity contribution in [1.82, 2.24) is 14.5 Å². The van der Waals surface area contributed by atoms with Crippen LogP contribution in [0.5, 0.6) is 0 Å². The average Bonchev–Trinajstić information content (AvgIpc) is 3.05. The highest BCUT2D eigenvalue weighted by Crippen LogP contribution is 2.35. The van der Waals surface area contributed by atoms with Crippen LogP contribution < -0.4 is 0 Å². The molecule has 1 aliphatic carbocycles. The molecule has 1 N–H and O–H groups in total. The SMILES string of the molecule is CCN(CCCO)Cc1cncn1C1CC1. The first-order chi connectivity index (χ1) is 7.85. The zero-order chi connectivity index (χ0) is 11.4. The van der Waals surface area contributed by atoms with E-state index in [0.717, 1.165) is 26.1 Å². The summed E-state index contributed by atoms with van der Waals surface area (Å²) in [6.45, 7) is 5.37. The van der Waals surface area contributed by atoms with Crippen molar-refractivity contribution in [2.75, 3.05) is 19.7 Å². The van der Waals surface area contributed by atoms with Crippen LogP contribution in [0.25, 0.3) is 0 Å². The lowest BCUT2D eigenvalue weighted by atomic mass is 10.3. The van der Waals surface area contributed by atoms with Gasteiger partial charge in [0.05, 0.1) is 12.0 Å². The van der Waals surface area contributed by atoms with E-state index in [1.807, 2.05) is 12.5 Å². The summed E-state index contributed by atoms with van der Waals surface area (Å²) >= 11 is 0. The van der Waals surface area contributed by atoms with Crippen molar-refractivity contribution < 1.29 is 5.11 Å². The summed E-state index contributed by atoms with van der Waals surface area (Å²) in [7, 11) is 0. The Balaban J connectivity index is 1.92. The van der Waals surface area contributed by atoms with E-state index in [2.05, 4.69) is 21.4 Å². The van der Waals surface area contributed by atoms with Crippen LogP contribution in [-0.4, -0.2) is 39.3 Å².